The number of benzene rings is 1. The first-order valence-electron chi connectivity index (χ1n) is 9.02. The summed E-state index contributed by atoms with van der Waals surface area (Å²) in [6, 6.07) is 7.15. The zero-order chi connectivity index (χ0) is 19.7. The minimum atomic E-state index is -0.593. The van der Waals surface area contributed by atoms with Gasteiger partial charge in [0.15, 0.2) is 0 Å². The summed E-state index contributed by atoms with van der Waals surface area (Å²) in [5.74, 6) is -0.353. The normalized spacial score (nSPS) is 20.3. The van der Waals surface area contributed by atoms with E-state index in [0.717, 1.165) is 11.3 Å². The summed E-state index contributed by atoms with van der Waals surface area (Å²) in [7, 11) is 1.60. The van der Waals surface area contributed by atoms with Gasteiger partial charge in [-0.25, -0.2) is 0 Å². The van der Waals surface area contributed by atoms with Crippen LogP contribution in [0.2, 0.25) is 0 Å². The number of nitrogens with zero attached hydrogens (tertiary/aromatic N) is 1. The van der Waals surface area contributed by atoms with Gasteiger partial charge in [-0.15, -0.1) is 0 Å². The van der Waals surface area contributed by atoms with E-state index < -0.39 is 22.9 Å². The van der Waals surface area contributed by atoms with E-state index in [0.29, 0.717) is 12.8 Å². The van der Waals surface area contributed by atoms with Gasteiger partial charge in [0.05, 0.1) is 13.2 Å². The molecular weight excluding hydrogens is 330 g/mol. The Kier molecular flexibility index (Phi) is 5.66. The fraction of sp³-hybridized carbons (Fsp3) is 0.600. The zero-order valence-corrected chi connectivity index (χ0v) is 16.6. The first-order chi connectivity index (χ1) is 12.0. The largest absolute Gasteiger partial charge is 0.497 e. The van der Waals surface area contributed by atoms with Crippen molar-refractivity contribution >= 4 is 11.8 Å². The van der Waals surface area contributed by atoms with Gasteiger partial charge in [-0.05, 0) is 65.2 Å². The van der Waals surface area contributed by atoms with Crippen molar-refractivity contribution in [2.24, 2.45) is 5.73 Å². The van der Waals surface area contributed by atoms with Crippen molar-refractivity contribution in [2.45, 2.75) is 70.6 Å². The van der Waals surface area contributed by atoms with Gasteiger partial charge < -0.3 is 20.7 Å². The van der Waals surface area contributed by atoms with Crippen LogP contribution in [0, 0.1) is 0 Å². The van der Waals surface area contributed by atoms with Crippen LogP contribution < -0.4 is 15.8 Å². The summed E-state index contributed by atoms with van der Waals surface area (Å²) >= 11 is 0. The lowest BCUT2D eigenvalue weighted by Crippen LogP contribution is -2.67. The lowest BCUT2D eigenvalue weighted by molar-refractivity contribution is -0.159. The van der Waals surface area contributed by atoms with E-state index in [9.17, 15) is 9.59 Å². The van der Waals surface area contributed by atoms with Crippen LogP contribution >= 0.6 is 0 Å². The molecule has 1 aliphatic heterocycles. The van der Waals surface area contributed by atoms with Crippen molar-refractivity contribution in [1.82, 2.24) is 10.2 Å². The van der Waals surface area contributed by atoms with Crippen molar-refractivity contribution in [3.63, 3.8) is 0 Å². The van der Waals surface area contributed by atoms with Crippen molar-refractivity contribution in [2.75, 3.05) is 7.11 Å². The molecule has 1 fully saturated rings. The third-order valence-electron chi connectivity index (χ3n) is 5.09. The number of piperidine rings is 1. The maximum atomic E-state index is 13.0. The average molecular weight is 361 g/mol. The van der Waals surface area contributed by atoms with Gasteiger partial charge in [0.2, 0.25) is 0 Å². The third kappa shape index (κ3) is 4.18. The number of carbonyl (C=O) groups excluding carboxylic acids is 2. The Labute approximate surface area is 156 Å². The molecule has 6 nitrogen and oxygen atoms in total. The second-order valence-corrected chi connectivity index (χ2v) is 8.40. The molecule has 3 N–H and O–H groups in total. The molecule has 1 saturated heterocycles. The second kappa shape index (κ2) is 7.27. The standard InChI is InChI=1S/C20H31N3O3/c1-13(14-7-9-16(26-6)10-8-14)22-17(24)18(25)23-19(2,3)11-15(21)12-20(23,4)5/h7-10,13,15H,11-12,21H2,1-6H3,(H,22,24). The number of nitrogens with one attached hydrogen (secondary N) is 1. The van der Waals surface area contributed by atoms with E-state index in [1.54, 1.807) is 12.0 Å². The van der Waals surface area contributed by atoms with Crippen LogP contribution in [-0.4, -0.2) is 40.9 Å². The fourth-order valence-electron chi connectivity index (χ4n) is 4.24. The van der Waals surface area contributed by atoms with Crippen molar-refractivity contribution in [1.29, 1.82) is 0 Å². The average Bonchev–Trinajstić information content (AvgIpc) is 2.51. The summed E-state index contributed by atoms with van der Waals surface area (Å²) < 4.78 is 5.14. The molecule has 1 unspecified atom stereocenters. The summed E-state index contributed by atoms with van der Waals surface area (Å²) in [6.07, 6.45) is 1.34. The smallest absolute Gasteiger partial charge is 0.312 e. The Morgan fingerprint density at radius 1 is 1.15 bits per heavy atom. The molecule has 2 rings (SSSR count). The van der Waals surface area contributed by atoms with Crippen molar-refractivity contribution in [3.8, 4) is 5.75 Å². The van der Waals surface area contributed by atoms with Crippen LogP contribution in [0.1, 0.15) is 59.1 Å². The number of amides is 2. The predicted molar refractivity (Wildman–Crippen MR) is 102 cm³/mol. The number of hydrogen-bond acceptors (Lipinski definition) is 4. The second-order valence-electron chi connectivity index (χ2n) is 8.40. The number of hydrogen-bond donors (Lipinski definition) is 2. The molecular formula is C20H31N3O3. The maximum absolute atomic E-state index is 13.0. The molecule has 1 atom stereocenters. The SMILES string of the molecule is COc1ccc(C(C)NC(=O)C(=O)N2C(C)(C)CC(N)CC2(C)C)cc1. The highest BCUT2D eigenvalue weighted by Crippen LogP contribution is 2.37. The molecule has 144 valence electrons. The van der Waals surface area contributed by atoms with E-state index in [1.165, 1.54) is 0 Å². The summed E-state index contributed by atoms with van der Waals surface area (Å²) in [6.45, 7) is 9.71. The number of methoxy groups -OCH3 is 1. The molecule has 0 bridgehead atoms. The molecule has 0 radical (unpaired) electrons. The van der Waals surface area contributed by atoms with Crippen LogP contribution in [0.15, 0.2) is 24.3 Å². The quantitative estimate of drug-likeness (QED) is 0.810. The minimum absolute atomic E-state index is 0.0188. The van der Waals surface area contributed by atoms with Crippen molar-refractivity contribution in [3.05, 3.63) is 29.8 Å². The van der Waals surface area contributed by atoms with Gasteiger partial charge in [0, 0.05) is 17.1 Å². The van der Waals surface area contributed by atoms with Crippen LogP contribution in [-0.2, 0) is 9.59 Å². The third-order valence-corrected chi connectivity index (χ3v) is 5.09. The summed E-state index contributed by atoms with van der Waals surface area (Å²) in [5.41, 5.74) is 6.12. The molecule has 1 aromatic carbocycles. The van der Waals surface area contributed by atoms with E-state index in [2.05, 4.69) is 5.32 Å². The molecule has 0 spiro atoms. The number of likely N-dealkylation sites (tertiary alicyclic amines) is 1. The van der Waals surface area contributed by atoms with Gasteiger partial charge in [-0.1, -0.05) is 12.1 Å². The Bertz CT molecular complexity index is 649. The van der Waals surface area contributed by atoms with Gasteiger partial charge in [-0.2, -0.15) is 0 Å². The lowest BCUT2D eigenvalue weighted by Gasteiger charge is -2.54. The van der Waals surface area contributed by atoms with E-state index in [4.69, 9.17) is 10.5 Å². The molecule has 1 aliphatic rings. The van der Waals surface area contributed by atoms with Gasteiger partial charge in [0.1, 0.15) is 5.75 Å². The monoisotopic (exact) mass is 361 g/mol. The topological polar surface area (TPSA) is 84.7 Å². The Morgan fingerprint density at radius 2 is 1.65 bits per heavy atom. The van der Waals surface area contributed by atoms with Crippen LogP contribution in [0.25, 0.3) is 0 Å². The van der Waals surface area contributed by atoms with Crippen LogP contribution in [0.3, 0.4) is 0 Å². The number of ether oxygens (including phenoxy) is 1. The number of carbonyl (C=O) groups is 2. The highest BCUT2D eigenvalue weighted by molar-refractivity contribution is 6.35. The highest BCUT2D eigenvalue weighted by atomic mass is 16.5. The number of rotatable bonds is 3. The Hall–Kier alpha value is -2.08. The van der Waals surface area contributed by atoms with Crippen molar-refractivity contribution < 1.29 is 14.3 Å². The van der Waals surface area contributed by atoms with Crippen LogP contribution in [0.4, 0.5) is 0 Å². The Morgan fingerprint density at radius 3 is 2.12 bits per heavy atom. The maximum Gasteiger partial charge on any atom is 0.312 e. The molecule has 6 heteroatoms. The minimum Gasteiger partial charge on any atom is -0.497 e. The first kappa shape index (κ1) is 20.2. The first-order valence-corrected chi connectivity index (χ1v) is 9.02. The summed E-state index contributed by atoms with van der Waals surface area (Å²) in [4.78, 5) is 27.3. The van der Waals surface area contributed by atoms with Crippen LogP contribution in [0.5, 0.6) is 5.75 Å². The summed E-state index contributed by atoms with van der Waals surface area (Å²) in [5, 5.41) is 2.82. The molecule has 0 aliphatic carbocycles. The molecule has 0 aromatic heterocycles. The zero-order valence-electron chi connectivity index (χ0n) is 16.6. The molecule has 1 heterocycles. The fourth-order valence-corrected chi connectivity index (χ4v) is 4.24. The molecule has 0 saturated carbocycles. The van der Waals surface area contributed by atoms with Gasteiger partial charge in [-0.3, -0.25) is 9.59 Å². The molecule has 2 amide bonds. The lowest BCUT2D eigenvalue weighted by atomic mass is 9.77. The van der Waals surface area contributed by atoms with E-state index in [1.807, 2.05) is 58.9 Å². The van der Waals surface area contributed by atoms with Gasteiger partial charge >= 0.3 is 11.8 Å². The molecule has 26 heavy (non-hydrogen) atoms. The number of nitrogens with two attached hydrogens (primary N) is 1. The van der Waals surface area contributed by atoms with E-state index >= 15 is 0 Å². The van der Waals surface area contributed by atoms with E-state index in [-0.39, 0.29) is 12.1 Å². The predicted octanol–water partition coefficient (Wildman–Crippen LogP) is 2.38. The highest BCUT2D eigenvalue weighted by Gasteiger charge is 2.48. The Balaban J connectivity index is 2.13. The molecule has 1 aromatic rings. The van der Waals surface area contributed by atoms with Gasteiger partial charge in [0.25, 0.3) is 0 Å².